The van der Waals surface area contributed by atoms with Gasteiger partial charge in [0.05, 0.1) is 26.4 Å². The average Bonchev–Trinajstić information content (AvgIpc) is 0.918. The van der Waals surface area contributed by atoms with Crippen LogP contribution in [0.15, 0.2) is 24.3 Å². The molecule has 17 nitrogen and oxygen atoms in total. The van der Waals surface area contributed by atoms with Crippen molar-refractivity contribution in [1.82, 2.24) is 0 Å². The van der Waals surface area contributed by atoms with Gasteiger partial charge in [-0.05, 0) is 63.2 Å². The van der Waals surface area contributed by atoms with Crippen LogP contribution in [0.3, 0.4) is 0 Å². The number of phosphoric acid groups is 2. The molecule has 5 atom stereocenters. The van der Waals surface area contributed by atoms with Gasteiger partial charge in [0.1, 0.15) is 19.3 Å². The summed E-state index contributed by atoms with van der Waals surface area (Å²) in [6.45, 7) is 9.56. The summed E-state index contributed by atoms with van der Waals surface area (Å²) >= 11 is 0. The zero-order chi connectivity index (χ0) is 75.6. The van der Waals surface area contributed by atoms with Crippen molar-refractivity contribution in [2.45, 2.75) is 439 Å². The summed E-state index contributed by atoms with van der Waals surface area (Å²) in [6, 6.07) is 0. The SMILES string of the molecule is CCCCCC/C=C\C=C/CCCCCCCC(=O)OC[C@H](COP(=O)(O)OC[C@@H](O)COP(=O)(O)OC[C@@H](COC(=O)CCCCCCCCCCCCC(C)C)OC(=O)CCCCCCCCCCCCC(C)C)OC(=O)CCCCCCCCCCCCCCCCCCCCCCCC. The Morgan fingerprint density at radius 1 is 0.301 bits per heavy atom. The largest absolute Gasteiger partial charge is 0.472 e. The fourth-order valence-corrected chi connectivity index (χ4v) is 14.1. The second-order valence-corrected chi connectivity index (χ2v) is 33.4. The first-order valence-electron chi connectivity index (χ1n) is 42.8. The summed E-state index contributed by atoms with van der Waals surface area (Å²) in [5.74, 6) is -0.630. The molecule has 0 spiro atoms. The van der Waals surface area contributed by atoms with E-state index in [4.69, 9.17) is 37.0 Å². The number of carbonyl (C=O) groups excluding carboxylic acids is 4. The van der Waals surface area contributed by atoms with E-state index in [1.54, 1.807) is 0 Å². The van der Waals surface area contributed by atoms with Gasteiger partial charge in [0, 0.05) is 25.7 Å². The van der Waals surface area contributed by atoms with Crippen LogP contribution in [0.5, 0.6) is 0 Å². The van der Waals surface area contributed by atoms with Crippen LogP contribution < -0.4 is 0 Å². The lowest BCUT2D eigenvalue weighted by Gasteiger charge is -2.21. The molecule has 2 unspecified atom stereocenters. The monoisotopic (exact) mass is 1500 g/mol. The summed E-state index contributed by atoms with van der Waals surface area (Å²) < 4.78 is 68.8. The molecule has 0 rings (SSSR count). The highest BCUT2D eigenvalue weighted by molar-refractivity contribution is 7.47. The number of esters is 4. The van der Waals surface area contributed by atoms with Crippen LogP contribution in [-0.2, 0) is 65.4 Å². The summed E-state index contributed by atoms with van der Waals surface area (Å²) in [6.07, 6.45) is 68.9. The molecule has 3 N–H and O–H groups in total. The van der Waals surface area contributed by atoms with E-state index in [1.807, 2.05) is 0 Å². The number of hydrogen-bond donors (Lipinski definition) is 3. The van der Waals surface area contributed by atoms with Crippen LogP contribution in [0.2, 0.25) is 0 Å². The molecule has 0 radical (unpaired) electrons. The molecule has 0 amide bonds. The molecule has 103 heavy (non-hydrogen) atoms. The van der Waals surface area contributed by atoms with Crippen LogP contribution in [0, 0.1) is 11.8 Å². The molecule has 0 heterocycles. The van der Waals surface area contributed by atoms with Crippen molar-refractivity contribution in [3.05, 3.63) is 24.3 Å². The number of ether oxygens (including phenoxy) is 4. The second-order valence-electron chi connectivity index (χ2n) is 30.5. The lowest BCUT2D eigenvalue weighted by Crippen LogP contribution is -2.30. The number of aliphatic hydroxyl groups excluding tert-OH is 1. The molecule has 0 fully saturated rings. The predicted octanol–water partition coefficient (Wildman–Crippen LogP) is 25.0. The lowest BCUT2D eigenvalue weighted by atomic mass is 10.0. The van der Waals surface area contributed by atoms with E-state index in [1.165, 1.54) is 218 Å². The molecule has 0 bridgehead atoms. The fraction of sp³-hybridized carbons (Fsp3) is 0.905. The van der Waals surface area contributed by atoms with Crippen LogP contribution in [0.1, 0.15) is 420 Å². The van der Waals surface area contributed by atoms with E-state index in [9.17, 15) is 43.2 Å². The highest BCUT2D eigenvalue weighted by atomic mass is 31.2. The van der Waals surface area contributed by atoms with Gasteiger partial charge in [-0.2, -0.15) is 0 Å². The predicted molar refractivity (Wildman–Crippen MR) is 423 cm³/mol. The molecule has 0 saturated heterocycles. The Morgan fingerprint density at radius 2 is 0.524 bits per heavy atom. The van der Waals surface area contributed by atoms with Gasteiger partial charge in [-0.3, -0.25) is 37.3 Å². The van der Waals surface area contributed by atoms with E-state index in [0.717, 1.165) is 121 Å². The quantitative estimate of drug-likeness (QED) is 0.0169. The average molecular weight is 1500 g/mol. The standard InChI is InChI=1S/C84H160O17P2/c1-7-9-11-13-15-17-19-21-23-24-25-26-27-28-29-31-33-35-44-50-56-62-68-83(88)100-79(72-94-81(86)66-60-54-48-42-34-32-30-22-20-18-16-14-12-10-8-2)74-98-102(90,91)96-70-78(85)71-97-103(92,93)99-75-80(101-84(89)69-63-57-51-45-39-37-41-47-53-59-65-77(5)6)73-95-82(87)67-61-55-49-43-38-36-40-46-52-58-64-76(3)4/h18,20,22,30,76-80,85H,7-17,19,21,23-29,31-75H2,1-6H3,(H,90,91)(H,92,93)/b20-18-,30-22-/t78-,79-,80-/m1/s1. The minimum Gasteiger partial charge on any atom is -0.462 e. The third-order valence-electron chi connectivity index (χ3n) is 19.1. The van der Waals surface area contributed by atoms with Crippen molar-refractivity contribution in [3.63, 3.8) is 0 Å². The van der Waals surface area contributed by atoms with Crippen molar-refractivity contribution in [2.24, 2.45) is 11.8 Å². The first kappa shape index (κ1) is 101. The third kappa shape index (κ3) is 77.5. The summed E-state index contributed by atoms with van der Waals surface area (Å²) in [5, 5.41) is 10.7. The minimum atomic E-state index is -4.97. The number of hydrogen-bond acceptors (Lipinski definition) is 15. The maximum Gasteiger partial charge on any atom is 0.472 e. The van der Waals surface area contributed by atoms with Crippen LogP contribution in [0.4, 0.5) is 0 Å². The molecular formula is C84H160O17P2. The van der Waals surface area contributed by atoms with Gasteiger partial charge in [0.2, 0.25) is 0 Å². The number of unbranched alkanes of at least 4 members (excludes halogenated alkanes) is 48. The highest BCUT2D eigenvalue weighted by Gasteiger charge is 2.30. The normalized spacial score (nSPS) is 14.0. The summed E-state index contributed by atoms with van der Waals surface area (Å²) in [5.41, 5.74) is 0. The summed E-state index contributed by atoms with van der Waals surface area (Å²) in [4.78, 5) is 73.1. The topological polar surface area (TPSA) is 237 Å². The highest BCUT2D eigenvalue weighted by Crippen LogP contribution is 2.45. The van der Waals surface area contributed by atoms with Crippen molar-refractivity contribution in [1.29, 1.82) is 0 Å². The zero-order valence-electron chi connectivity index (χ0n) is 67.1. The smallest absolute Gasteiger partial charge is 0.462 e. The molecule has 608 valence electrons. The zero-order valence-corrected chi connectivity index (χ0v) is 68.9. The van der Waals surface area contributed by atoms with Gasteiger partial charge in [-0.15, -0.1) is 0 Å². The van der Waals surface area contributed by atoms with Crippen molar-refractivity contribution in [3.8, 4) is 0 Å². The molecule has 0 saturated carbocycles. The van der Waals surface area contributed by atoms with E-state index in [0.29, 0.717) is 25.7 Å². The van der Waals surface area contributed by atoms with Crippen LogP contribution in [-0.4, -0.2) is 96.7 Å². The molecule has 0 aliphatic rings. The molecule has 0 aromatic carbocycles. The molecular weight excluding hydrogens is 1340 g/mol. The van der Waals surface area contributed by atoms with E-state index in [-0.39, 0.29) is 25.7 Å². The Kier molecular flexibility index (Phi) is 73.2. The van der Waals surface area contributed by atoms with Gasteiger partial charge in [-0.1, -0.05) is 368 Å². The Morgan fingerprint density at radius 3 is 0.796 bits per heavy atom. The van der Waals surface area contributed by atoms with E-state index < -0.39 is 97.5 Å². The number of rotatable bonds is 81. The molecule has 0 aliphatic heterocycles. The van der Waals surface area contributed by atoms with Gasteiger partial charge < -0.3 is 33.8 Å². The number of aliphatic hydroxyl groups is 1. The maximum atomic E-state index is 13.1. The van der Waals surface area contributed by atoms with Crippen LogP contribution in [0.25, 0.3) is 0 Å². The maximum absolute atomic E-state index is 13.1. The molecule has 0 aromatic heterocycles. The first-order chi connectivity index (χ1) is 49.9. The number of carbonyl (C=O) groups is 4. The van der Waals surface area contributed by atoms with Crippen LogP contribution >= 0.6 is 15.6 Å². The van der Waals surface area contributed by atoms with Gasteiger partial charge in [-0.25, -0.2) is 9.13 Å². The van der Waals surface area contributed by atoms with Gasteiger partial charge >= 0.3 is 39.5 Å². The van der Waals surface area contributed by atoms with Crippen molar-refractivity contribution < 1.29 is 80.2 Å². The van der Waals surface area contributed by atoms with Gasteiger partial charge in [0.15, 0.2) is 12.2 Å². The Bertz CT molecular complexity index is 2070. The molecule has 0 aliphatic carbocycles. The summed E-state index contributed by atoms with van der Waals surface area (Å²) in [7, 11) is -9.94. The third-order valence-corrected chi connectivity index (χ3v) is 21.0. The van der Waals surface area contributed by atoms with E-state index in [2.05, 4.69) is 65.8 Å². The lowest BCUT2D eigenvalue weighted by molar-refractivity contribution is -0.161. The Labute approximate surface area is 631 Å². The van der Waals surface area contributed by atoms with Crippen molar-refractivity contribution >= 4 is 39.5 Å². The molecule has 0 aromatic rings. The van der Waals surface area contributed by atoms with E-state index >= 15 is 0 Å². The van der Waals surface area contributed by atoms with Crippen molar-refractivity contribution in [2.75, 3.05) is 39.6 Å². The minimum absolute atomic E-state index is 0.102. The second kappa shape index (κ2) is 75.0. The Balaban J connectivity index is 5.26. The Hall–Kier alpha value is -2.46. The number of phosphoric ester groups is 2. The fourth-order valence-electron chi connectivity index (χ4n) is 12.5. The molecule has 19 heteroatoms. The van der Waals surface area contributed by atoms with Gasteiger partial charge in [0.25, 0.3) is 0 Å². The number of allylic oxidation sites excluding steroid dienone is 4. The first-order valence-corrected chi connectivity index (χ1v) is 45.8.